The van der Waals surface area contributed by atoms with Crippen molar-refractivity contribution in [3.8, 4) is 17.0 Å². The molecule has 0 bridgehead atoms. The molecule has 0 amide bonds. The number of nitrogens with zero attached hydrogens (tertiary/aromatic N) is 2. The van der Waals surface area contributed by atoms with Crippen molar-refractivity contribution in [3.05, 3.63) is 90.1 Å². The van der Waals surface area contributed by atoms with Crippen LogP contribution in [0.2, 0.25) is 5.02 Å². The Morgan fingerprint density at radius 3 is 2.31 bits per heavy atom. The molecule has 26 heavy (non-hydrogen) atoms. The topological polar surface area (TPSA) is 38.0 Å². The summed E-state index contributed by atoms with van der Waals surface area (Å²) in [5.74, 6) is 0.117. The smallest absolute Gasteiger partial charge is 0.147 e. The number of benzene rings is 2. The first-order valence-electron chi connectivity index (χ1n) is 8.47. The lowest BCUT2D eigenvalue weighted by atomic mass is 10.1. The fourth-order valence-electron chi connectivity index (χ4n) is 3.26. The summed E-state index contributed by atoms with van der Waals surface area (Å²) in [6.07, 6.45) is 2.25. The third-order valence-electron chi connectivity index (χ3n) is 4.49. The lowest BCUT2D eigenvalue weighted by Crippen LogP contribution is -2.01. The first kappa shape index (κ1) is 16.7. The van der Waals surface area contributed by atoms with Crippen molar-refractivity contribution in [2.75, 3.05) is 0 Å². The van der Waals surface area contributed by atoms with Gasteiger partial charge >= 0.3 is 0 Å². The highest BCUT2D eigenvalue weighted by Crippen LogP contribution is 2.40. The number of aromatic hydroxyl groups is 1. The van der Waals surface area contributed by atoms with Crippen molar-refractivity contribution < 1.29 is 5.11 Å². The SMILES string of the molecule is [CH2]Cc1nc(-c2ccccc2)c2c(c(Cl)cn2Cc2ccccc2)c1O. The van der Waals surface area contributed by atoms with Crippen molar-refractivity contribution in [2.45, 2.75) is 13.0 Å². The summed E-state index contributed by atoms with van der Waals surface area (Å²) in [4.78, 5) is 4.71. The Morgan fingerprint density at radius 1 is 1.00 bits per heavy atom. The van der Waals surface area contributed by atoms with Crippen LogP contribution in [-0.4, -0.2) is 14.7 Å². The number of aromatic nitrogens is 2. The lowest BCUT2D eigenvalue weighted by Gasteiger charge is -2.13. The van der Waals surface area contributed by atoms with Gasteiger partial charge in [0.05, 0.1) is 27.3 Å². The van der Waals surface area contributed by atoms with Crippen molar-refractivity contribution >= 4 is 22.5 Å². The molecule has 2 heterocycles. The van der Waals surface area contributed by atoms with E-state index in [1.807, 2.05) is 54.7 Å². The normalized spacial score (nSPS) is 11.2. The van der Waals surface area contributed by atoms with Crippen molar-refractivity contribution in [1.29, 1.82) is 0 Å². The van der Waals surface area contributed by atoms with Gasteiger partial charge in [0.1, 0.15) is 5.75 Å². The van der Waals surface area contributed by atoms with E-state index in [9.17, 15) is 5.11 Å². The third-order valence-corrected chi connectivity index (χ3v) is 4.78. The van der Waals surface area contributed by atoms with Crippen LogP contribution in [0.15, 0.2) is 66.9 Å². The molecule has 4 heteroatoms. The Hall–Kier alpha value is -2.78. The number of hydrogen-bond donors (Lipinski definition) is 1. The van der Waals surface area contributed by atoms with Crippen LogP contribution in [0, 0.1) is 6.92 Å². The van der Waals surface area contributed by atoms with Gasteiger partial charge < -0.3 is 9.67 Å². The summed E-state index contributed by atoms with van der Waals surface area (Å²) < 4.78 is 2.05. The summed E-state index contributed by atoms with van der Waals surface area (Å²) in [7, 11) is 0. The molecule has 0 aliphatic rings. The second-order valence-corrected chi connectivity index (χ2v) is 6.59. The van der Waals surface area contributed by atoms with E-state index in [1.165, 1.54) is 0 Å². The Kier molecular flexibility index (Phi) is 4.39. The maximum absolute atomic E-state index is 10.7. The Morgan fingerprint density at radius 2 is 1.65 bits per heavy atom. The molecule has 0 saturated heterocycles. The van der Waals surface area contributed by atoms with Crippen LogP contribution in [0.3, 0.4) is 0 Å². The standard InChI is InChI=1S/C22H18ClN2O/c1-2-18-22(26)19-17(23)14-25(13-15-9-5-3-6-10-15)21(19)20(24-18)16-11-7-4-8-12-16/h3-12,14,26H,1-2,13H2. The van der Waals surface area contributed by atoms with Gasteiger partial charge in [-0.25, -0.2) is 4.98 Å². The minimum absolute atomic E-state index is 0.117. The van der Waals surface area contributed by atoms with E-state index in [0.717, 1.165) is 22.3 Å². The molecule has 0 spiro atoms. The fourth-order valence-corrected chi connectivity index (χ4v) is 3.56. The van der Waals surface area contributed by atoms with Gasteiger partial charge in [-0.2, -0.15) is 0 Å². The summed E-state index contributed by atoms with van der Waals surface area (Å²) in [5.41, 5.74) is 4.33. The van der Waals surface area contributed by atoms with Crippen molar-refractivity contribution in [3.63, 3.8) is 0 Å². The maximum atomic E-state index is 10.7. The third kappa shape index (κ3) is 2.85. The molecule has 2 aromatic heterocycles. The van der Waals surface area contributed by atoms with E-state index >= 15 is 0 Å². The average molecular weight is 362 g/mol. The molecule has 0 unspecified atom stereocenters. The predicted molar refractivity (Wildman–Crippen MR) is 106 cm³/mol. The van der Waals surface area contributed by atoms with Gasteiger partial charge in [0, 0.05) is 18.3 Å². The minimum atomic E-state index is 0.117. The maximum Gasteiger partial charge on any atom is 0.147 e. The Bertz CT molecular complexity index is 1060. The quantitative estimate of drug-likeness (QED) is 0.522. The highest BCUT2D eigenvalue weighted by atomic mass is 35.5. The Balaban J connectivity index is 2.01. The first-order chi connectivity index (χ1) is 12.7. The number of halogens is 1. The predicted octanol–water partition coefficient (Wildman–Crippen LogP) is 5.49. The molecule has 1 N–H and O–H groups in total. The Labute approximate surface area is 157 Å². The van der Waals surface area contributed by atoms with Gasteiger partial charge in [0.15, 0.2) is 0 Å². The monoisotopic (exact) mass is 361 g/mol. The van der Waals surface area contributed by atoms with E-state index in [-0.39, 0.29) is 5.75 Å². The number of pyridine rings is 1. The fraction of sp³-hybridized carbons (Fsp3) is 0.0909. The van der Waals surface area contributed by atoms with E-state index in [0.29, 0.717) is 29.1 Å². The number of hydrogen-bond acceptors (Lipinski definition) is 2. The van der Waals surface area contributed by atoms with Crippen LogP contribution in [0.1, 0.15) is 11.3 Å². The van der Waals surface area contributed by atoms with Gasteiger partial charge in [-0.15, -0.1) is 0 Å². The summed E-state index contributed by atoms with van der Waals surface area (Å²) in [5, 5.41) is 11.8. The summed E-state index contributed by atoms with van der Waals surface area (Å²) >= 11 is 6.51. The molecule has 129 valence electrons. The van der Waals surface area contributed by atoms with E-state index in [4.69, 9.17) is 16.6 Å². The van der Waals surface area contributed by atoms with Crippen LogP contribution in [0.25, 0.3) is 22.2 Å². The van der Waals surface area contributed by atoms with Gasteiger partial charge in [-0.1, -0.05) is 72.3 Å². The van der Waals surface area contributed by atoms with Crippen LogP contribution in [0.5, 0.6) is 5.75 Å². The average Bonchev–Trinajstić information content (AvgIpc) is 3.00. The van der Waals surface area contributed by atoms with Crippen LogP contribution in [-0.2, 0) is 13.0 Å². The van der Waals surface area contributed by atoms with Crippen molar-refractivity contribution in [2.24, 2.45) is 0 Å². The van der Waals surface area contributed by atoms with Crippen molar-refractivity contribution in [1.82, 2.24) is 9.55 Å². The molecule has 0 atom stereocenters. The summed E-state index contributed by atoms with van der Waals surface area (Å²) in [6, 6.07) is 20.1. The molecule has 4 rings (SSSR count). The highest BCUT2D eigenvalue weighted by molar-refractivity contribution is 6.36. The molecule has 2 aromatic carbocycles. The molecular formula is C22H18ClN2O. The van der Waals surface area contributed by atoms with Gasteiger partial charge in [-0.05, 0) is 18.9 Å². The van der Waals surface area contributed by atoms with E-state index in [1.54, 1.807) is 0 Å². The van der Waals surface area contributed by atoms with Gasteiger partial charge in [-0.3, -0.25) is 0 Å². The minimum Gasteiger partial charge on any atom is -0.505 e. The van der Waals surface area contributed by atoms with E-state index in [2.05, 4.69) is 23.6 Å². The summed E-state index contributed by atoms with van der Waals surface area (Å²) in [6.45, 7) is 4.54. The largest absolute Gasteiger partial charge is 0.505 e. The first-order valence-corrected chi connectivity index (χ1v) is 8.85. The molecule has 3 nitrogen and oxygen atoms in total. The van der Waals surface area contributed by atoms with E-state index < -0.39 is 0 Å². The number of rotatable bonds is 4. The van der Waals surface area contributed by atoms with Crippen LogP contribution >= 0.6 is 11.6 Å². The zero-order valence-corrected chi connectivity index (χ0v) is 14.9. The molecule has 4 aromatic rings. The zero-order chi connectivity index (χ0) is 18.1. The highest BCUT2D eigenvalue weighted by Gasteiger charge is 2.20. The van der Waals surface area contributed by atoms with Crippen LogP contribution in [0.4, 0.5) is 0 Å². The molecule has 0 fully saturated rings. The van der Waals surface area contributed by atoms with Crippen LogP contribution < -0.4 is 0 Å². The molecule has 1 radical (unpaired) electrons. The lowest BCUT2D eigenvalue weighted by molar-refractivity contribution is 0.472. The number of fused-ring (bicyclic) bond motifs is 1. The second-order valence-electron chi connectivity index (χ2n) is 6.19. The molecule has 0 saturated carbocycles. The van der Waals surface area contributed by atoms with Gasteiger partial charge in [0.2, 0.25) is 0 Å². The molecular weight excluding hydrogens is 344 g/mol. The molecule has 0 aliphatic carbocycles. The zero-order valence-electron chi connectivity index (χ0n) is 14.2. The molecule has 0 aliphatic heterocycles. The van der Waals surface area contributed by atoms with Gasteiger partial charge in [0.25, 0.3) is 0 Å². The second kappa shape index (κ2) is 6.85.